The highest BCUT2D eigenvalue weighted by Gasteiger charge is 2.37. The maximum absolute atomic E-state index is 11.6. The standard InChI is InChI=1S/C16H32O3Si/c1-13(10-11-14(17)19-15(2,3)4)12-18-20(8,9)16(5,6)7/h10-11,13H,12H2,1-9H3/b11-10-/t13-/m1/s1. The van der Waals surface area contributed by atoms with Crippen molar-refractivity contribution in [1.29, 1.82) is 0 Å². The van der Waals surface area contributed by atoms with Gasteiger partial charge in [0.15, 0.2) is 8.32 Å². The van der Waals surface area contributed by atoms with E-state index in [9.17, 15) is 4.79 Å². The molecule has 0 N–H and O–H groups in total. The first-order chi connectivity index (χ1) is 8.74. The van der Waals surface area contributed by atoms with Crippen molar-refractivity contribution < 1.29 is 14.0 Å². The number of carbonyl (C=O) groups excluding carboxylic acids is 1. The Balaban J connectivity index is 4.31. The van der Waals surface area contributed by atoms with E-state index < -0.39 is 13.9 Å². The molecule has 0 aliphatic carbocycles. The molecular weight excluding hydrogens is 268 g/mol. The van der Waals surface area contributed by atoms with Gasteiger partial charge >= 0.3 is 5.97 Å². The van der Waals surface area contributed by atoms with Gasteiger partial charge in [0.05, 0.1) is 0 Å². The Morgan fingerprint density at radius 3 is 2.05 bits per heavy atom. The molecule has 0 fully saturated rings. The quantitative estimate of drug-likeness (QED) is 0.425. The highest BCUT2D eigenvalue weighted by Crippen LogP contribution is 2.36. The summed E-state index contributed by atoms with van der Waals surface area (Å²) in [4.78, 5) is 11.6. The van der Waals surface area contributed by atoms with E-state index in [1.54, 1.807) is 0 Å². The van der Waals surface area contributed by atoms with Crippen LogP contribution in [0.15, 0.2) is 12.2 Å². The van der Waals surface area contributed by atoms with E-state index >= 15 is 0 Å². The van der Waals surface area contributed by atoms with Gasteiger partial charge in [-0.05, 0) is 44.8 Å². The summed E-state index contributed by atoms with van der Waals surface area (Å²) in [5, 5.41) is 0.210. The van der Waals surface area contributed by atoms with Gasteiger partial charge in [-0.3, -0.25) is 0 Å². The van der Waals surface area contributed by atoms with Crippen LogP contribution < -0.4 is 0 Å². The number of hydrogen-bond donors (Lipinski definition) is 0. The van der Waals surface area contributed by atoms with Crippen LogP contribution in [-0.4, -0.2) is 26.5 Å². The van der Waals surface area contributed by atoms with Crippen LogP contribution in [0, 0.1) is 5.92 Å². The van der Waals surface area contributed by atoms with Crippen LogP contribution >= 0.6 is 0 Å². The van der Waals surface area contributed by atoms with E-state index in [0.29, 0.717) is 6.61 Å². The number of hydrogen-bond acceptors (Lipinski definition) is 3. The first-order valence-electron chi connectivity index (χ1n) is 7.30. The molecule has 0 spiro atoms. The Hall–Kier alpha value is -0.613. The van der Waals surface area contributed by atoms with Crippen molar-refractivity contribution in [2.24, 2.45) is 5.92 Å². The molecule has 0 aromatic rings. The Kier molecular flexibility index (Phi) is 6.69. The minimum Gasteiger partial charge on any atom is -0.457 e. The summed E-state index contributed by atoms with van der Waals surface area (Å²) in [6.07, 6.45) is 3.37. The van der Waals surface area contributed by atoms with Crippen LogP contribution in [0.3, 0.4) is 0 Å². The second-order valence-corrected chi connectivity index (χ2v) is 12.8. The van der Waals surface area contributed by atoms with Crippen LogP contribution in [0.4, 0.5) is 0 Å². The van der Waals surface area contributed by atoms with Crippen molar-refractivity contribution in [3.63, 3.8) is 0 Å². The lowest BCUT2D eigenvalue weighted by atomic mass is 10.2. The van der Waals surface area contributed by atoms with Gasteiger partial charge in [0.25, 0.3) is 0 Å². The van der Waals surface area contributed by atoms with Crippen molar-refractivity contribution in [1.82, 2.24) is 0 Å². The van der Waals surface area contributed by atoms with Crippen molar-refractivity contribution in [3.8, 4) is 0 Å². The van der Waals surface area contributed by atoms with Crippen LogP contribution in [0.1, 0.15) is 48.5 Å². The zero-order valence-corrected chi connectivity index (χ0v) is 15.7. The van der Waals surface area contributed by atoms with Gasteiger partial charge in [-0.1, -0.05) is 33.8 Å². The molecule has 0 saturated carbocycles. The summed E-state index contributed by atoms with van der Waals surface area (Å²) in [6.45, 7) is 19.4. The lowest BCUT2D eigenvalue weighted by Gasteiger charge is -2.36. The molecule has 0 aliphatic rings. The minimum atomic E-state index is -1.71. The molecule has 4 heteroatoms. The number of esters is 1. The molecule has 0 aliphatic heterocycles. The fourth-order valence-corrected chi connectivity index (χ4v) is 2.30. The Morgan fingerprint density at radius 2 is 1.65 bits per heavy atom. The molecule has 0 heterocycles. The maximum atomic E-state index is 11.6. The summed E-state index contributed by atoms with van der Waals surface area (Å²) in [5.41, 5.74) is -0.442. The monoisotopic (exact) mass is 300 g/mol. The lowest BCUT2D eigenvalue weighted by Crippen LogP contribution is -2.41. The Labute approximate surface area is 125 Å². The van der Waals surface area contributed by atoms with Crippen LogP contribution in [0.25, 0.3) is 0 Å². The van der Waals surface area contributed by atoms with E-state index in [1.165, 1.54) is 6.08 Å². The molecule has 0 radical (unpaired) electrons. The summed E-state index contributed by atoms with van der Waals surface area (Å²) in [6, 6.07) is 0. The lowest BCUT2D eigenvalue weighted by molar-refractivity contribution is -0.148. The summed E-state index contributed by atoms with van der Waals surface area (Å²) < 4.78 is 11.4. The normalized spacial score (nSPS) is 15.4. The number of rotatable bonds is 5. The first kappa shape index (κ1) is 19.4. The third kappa shape index (κ3) is 7.85. The van der Waals surface area contributed by atoms with Gasteiger partial charge in [0.2, 0.25) is 0 Å². The molecule has 20 heavy (non-hydrogen) atoms. The molecule has 0 unspecified atom stereocenters. The largest absolute Gasteiger partial charge is 0.457 e. The third-order valence-electron chi connectivity index (χ3n) is 3.48. The Morgan fingerprint density at radius 1 is 1.15 bits per heavy atom. The molecule has 0 saturated heterocycles. The van der Waals surface area contributed by atoms with E-state index in [4.69, 9.17) is 9.16 Å². The molecule has 0 bridgehead atoms. The Bertz CT molecular complexity index is 346. The van der Waals surface area contributed by atoms with Gasteiger partial charge in [-0.2, -0.15) is 0 Å². The topological polar surface area (TPSA) is 35.5 Å². The number of carbonyl (C=O) groups is 1. The highest BCUT2D eigenvalue weighted by molar-refractivity contribution is 6.74. The predicted octanol–water partition coefficient (Wildman–Crippen LogP) is 4.54. The average Bonchev–Trinajstić information content (AvgIpc) is 2.19. The summed E-state index contributed by atoms with van der Waals surface area (Å²) >= 11 is 0. The van der Waals surface area contributed by atoms with Crippen LogP contribution in [0.5, 0.6) is 0 Å². The van der Waals surface area contributed by atoms with Gasteiger partial charge < -0.3 is 9.16 Å². The molecule has 0 rings (SSSR count). The molecule has 118 valence electrons. The van der Waals surface area contributed by atoms with E-state index in [2.05, 4.69) is 33.9 Å². The van der Waals surface area contributed by atoms with E-state index in [-0.39, 0.29) is 16.9 Å². The van der Waals surface area contributed by atoms with Gasteiger partial charge in [-0.25, -0.2) is 4.79 Å². The van der Waals surface area contributed by atoms with Crippen molar-refractivity contribution in [2.75, 3.05) is 6.61 Å². The van der Waals surface area contributed by atoms with E-state index in [1.807, 2.05) is 33.8 Å². The van der Waals surface area contributed by atoms with Crippen molar-refractivity contribution >= 4 is 14.3 Å². The molecular formula is C16H32O3Si. The van der Waals surface area contributed by atoms with Crippen LogP contribution in [-0.2, 0) is 14.0 Å². The van der Waals surface area contributed by atoms with Crippen molar-refractivity contribution in [3.05, 3.63) is 12.2 Å². The first-order valence-corrected chi connectivity index (χ1v) is 10.2. The summed E-state index contributed by atoms with van der Waals surface area (Å²) in [5.74, 6) is -0.0895. The average molecular weight is 301 g/mol. The molecule has 0 amide bonds. The molecule has 0 aromatic heterocycles. The number of ether oxygens (including phenoxy) is 1. The zero-order chi connectivity index (χ0) is 16.2. The third-order valence-corrected chi connectivity index (χ3v) is 7.98. The van der Waals surface area contributed by atoms with Crippen molar-refractivity contribution in [2.45, 2.75) is 72.2 Å². The molecule has 0 aromatic carbocycles. The highest BCUT2D eigenvalue weighted by atomic mass is 28.4. The SMILES string of the molecule is C[C@H](/C=C\C(=O)OC(C)(C)C)CO[Si](C)(C)C(C)(C)C. The summed E-state index contributed by atoms with van der Waals surface area (Å²) in [7, 11) is -1.71. The van der Waals surface area contributed by atoms with Crippen LogP contribution in [0.2, 0.25) is 18.1 Å². The minimum absolute atomic E-state index is 0.205. The predicted molar refractivity (Wildman–Crippen MR) is 87.3 cm³/mol. The second kappa shape index (κ2) is 6.90. The smallest absolute Gasteiger partial charge is 0.330 e. The fraction of sp³-hybridized carbons (Fsp3) is 0.812. The molecule has 1 atom stereocenters. The fourth-order valence-electron chi connectivity index (χ4n) is 1.19. The second-order valence-electron chi connectivity index (χ2n) is 7.94. The maximum Gasteiger partial charge on any atom is 0.330 e. The van der Waals surface area contributed by atoms with Gasteiger partial charge in [0.1, 0.15) is 5.60 Å². The zero-order valence-electron chi connectivity index (χ0n) is 14.7. The molecule has 3 nitrogen and oxygen atoms in total. The van der Waals surface area contributed by atoms with Gasteiger partial charge in [-0.15, -0.1) is 0 Å². The van der Waals surface area contributed by atoms with Gasteiger partial charge in [0, 0.05) is 12.7 Å². The van der Waals surface area contributed by atoms with E-state index in [0.717, 1.165) is 0 Å².